The minimum atomic E-state index is -0.867. The highest BCUT2D eigenvalue weighted by atomic mass is 16.6. The number of carboxylic acids is 1. The van der Waals surface area contributed by atoms with Gasteiger partial charge in [0.2, 0.25) is 0 Å². The van der Waals surface area contributed by atoms with Crippen molar-refractivity contribution in [1.29, 1.82) is 0 Å². The first-order chi connectivity index (χ1) is 15.0. The summed E-state index contributed by atoms with van der Waals surface area (Å²) in [4.78, 5) is 16.3. The molecule has 3 aromatic rings. The van der Waals surface area contributed by atoms with Gasteiger partial charge in [-0.2, -0.15) is 0 Å². The Kier molecular flexibility index (Phi) is 7.82. The molecule has 0 spiro atoms. The number of carbonyl (C=O) groups is 1. The zero-order valence-electron chi connectivity index (χ0n) is 17.9. The first-order valence-electron chi connectivity index (χ1n) is 10.3. The van der Waals surface area contributed by atoms with E-state index in [9.17, 15) is 4.79 Å². The van der Waals surface area contributed by atoms with Crippen LogP contribution < -0.4 is 4.74 Å². The molecule has 5 heteroatoms. The standard InChI is InChI=1S/C26H27NO4/c1-3-25(22-12-10-21(11-13-22)23-8-4-6-19(2)16-23)27-31-15-14-30-24-9-5-7-20(17-24)18-26(28)29/h4-13,16-17H,3,14-15,18H2,1-2H3,(H,28,29)/b27-25+. The minimum Gasteiger partial charge on any atom is -0.490 e. The number of hydrogen-bond acceptors (Lipinski definition) is 4. The summed E-state index contributed by atoms with van der Waals surface area (Å²) in [6.45, 7) is 4.76. The van der Waals surface area contributed by atoms with Gasteiger partial charge in [0, 0.05) is 0 Å². The molecule has 31 heavy (non-hydrogen) atoms. The SMILES string of the molecule is CC/C(=N\OCCOc1cccc(CC(=O)O)c1)c1ccc(-c2cccc(C)c2)cc1. The Morgan fingerprint density at radius 3 is 2.42 bits per heavy atom. The third-order valence-corrected chi connectivity index (χ3v) is 4.78. The van der Waals surface area contributed by atoms with Crippen molar-refractivity contribution in [3.63, 3.8) is 0 Å². The van der Waals surface area contributed by atoms with E-state index in [1.807, 2.05) is 6.92 Å². The van der Waals surface area contributed by atoms with Crippen LogP contribution in [0.2, 0.25) is 0 Å². The van der Waals surface area contributed by atoms with Crippen LogP contribution in [0.5, 0.6) is 5.75 Å². The summed E-state index contributed by atoms with van der Waals surface area (Å²) < 4.78 is 5.64. The molecule has 3 aromatic carbocycles. The Labute approximate surface area is 182 Å². The topological polar surface area (TPSA) is 68.1 Å². The van der Waals surface area contributed by atoms with Crippen LogP contribution in [-0.4, -0.2) is 30.0 Å². The fourth-order valence-corrected chi connectivity index (χ4v) is 3.24. The number of hydrogen-bond donors (Lipinski definition) is 1. The lowest BCUT2D eigenvalue weighted by Gasteiger charge is -2.09. The molecule has 3 rings (SSSR count). The molecular weight excluding hydrogens is 390 g/mol. The molecule has 160 valence electrons. The second-order valence-corrected chi connectivity index (χ2v) is 7.24. The Bertz CT molecular complexity index is 1040. The second kappa shape index (κ2) is 11.0. The fraction of sp³-hybridized carbons (Fsp3) is 0.231. The third-order valence-electron chi connectivity index (χ3n) is 4.78. The van der Waals surface area contributed by atoms with Gasteiger partial charge in [0.05, 0.1) is 12.1 Å². The van der Waals surface area contributed by atoms with Gasteiger partial charge in [-0.05, 0) is 47.7 Å². The molecule has 0 radical (unpaired) electrons. The Morgan fingerprint density at radius 2 is 1.71 bits per heavy atom. The summed E-state index contributed by atoms with van der Waals surface area (Å²) in [5.41, 5.74) is 6.21. The van der Waals surface area contributed by atoms with E-state index >= 15 is 0 Å². The van der Waals surface area contributed by atoms with Crippen molar-refractivity contribution in [3.05, 3.63) is 89.5 Å². The number of carboxylic acid groups (broad SMARTS) is 1. The van der Waals surface area contributed by atoms with Crippen LogP contribution in [0, 0.1) is 6.92 Å². The molecule has 0 unspecified atom stereocenters. The van der Waals surface area contributed by atoms with Crippen molar-refractivity contribution in [2.45, 2.75) is 26.7 Å². The van der Waals surface area contributed by atoms with Crippen molar-refractivity contribution >= 4 is 11.7 Å². The van der Waals surface area contributed by atoms with Crippen molar-refractivity contribution in [1.82, 2.24) is 0 Å². The van der Waals surface area contributed by atoms with Gasteiger partial charge >= 0.3 is 5.97 Å². The summed E-state index contributed by atoms with van der Waals surface area (Å²) in [5.74, 6) is -0.248. The zero-order valence-corrected chi connectivity index (χ0v) is 17.9. The number of benzene rings is 3. The molecule has 0 saturated heterocycles. The Hall–Kier alpha value is -3.60. The number of ether oxygens (including phenoxy) is 1. The van der Waals surface area contributed by atoms with Gasteiger partial charge in [0.1, 0.15) is 12.4 Å². The highest BCUT2D eigenvalue weighted by Crippen LogP contribution is 2.21. The lowest BCUT2D eigenvalue weighted by Crippen LogP contribution is -2.07. The molecule has 0 aromatic heterocycles. The van der Waals surface area contributed by atoms with Crippen LogP contribution in [0.15, 0.2) is 78.0 Å². The summed E-state index contributed by atoms with van der Waals surface area (Å²) in [6, 6.07) is 23.8. The average Bonchev–Trinajstić information content (AvgIpc) is 2.76. The highest BCUT2D eigenvalue weighted by molar-refractivity contribution is 6.00. The van der Waals surface area contributed by atoms with Crippen molar-refractivity contribution in [3.8, 4) is 16.9 Å². The number of rotatable bonds is 10. The summed E-state index contributed by atoms with van der Waals surface area (Å²) in [5, 5.41) is 13.2. The molecule has 1 N–H and O–H groups in total. The van der Waals surface area contributed by atoms with Crippen LogP contribution in [0.3, 0.4) is 0 Å². The van der Waals surface area contributed by atoms with Gasteiger partial charge in [-0.25, -0.2) is 0 Å². The molecule has 0 atom stereocenters. The smallest absolute Gasteiger partial charge is 0.307 e. The number of nitrogens with zero attached hydrogens (tertiary/aromatic N) is 1. The molecule has 0 aliphatic carbocycles. The Morgan fingerprint density at radius 1 is 0.935 bits per heavy atom. The zero-order chi connectivity index (χ0) is 22.1. The fourth-order valence-electron chi connectivity index (χ4n) is 3.24. The van der Waals surface area contributed by atoms with Crippen LogP contribution in [-0.2, 0) is 16.1 Å². The van der Waals surface area contributed by atoms with Crippen molar-refractivity contribution in [2.75, 3.05) is 13.2 Å². The van der Waals surface area contributed by atoms with Crippen molar-refractivity contribution in [2.24, 2.45) is 5.16 Å². The van der Waals surface area contributed by atoms with Crippen LogP contribution in [0.4, 0.5) is 0 Å². The first-order valence-corrected chi connectivity index (χ1v) is 10.3. The largest absolute Gasteiger partial charge is 0.490 e. The van der Waals surface area contributed by atoms with Gasteiger partial charge in [0.25, 0.3) is 0 Å². The van der Waals surface area contributed by atoms with E-state index in [1.54, 1.807) is 24.3 Å². The second-order valence-electron chi connectivity index (χ2n) is 7.24. The normalized spacial score (nSPS) is 11.2. The molecule has 0 bridgehead atoms. The lowest BCUT2D eigenvalue weighted by atomic mass is 10.0. The predicted molar refractivity (Wildman–Crippen MR) is 123 cm³/mol. The van der Waals surface area contributed by atoms with E-state index in [1.165, 1.54) is 16.7 Å². The van der Waals surface area contributed by atoms with E-state index in [0.29, 0.717) is 24.5 Å². The lowest BCUT2D eigenvalue weighted by molar-refractivity contribution is -0.136. The summed E-state index contributed by atoms with van der Waals surface area (Å²) in [6.07, 6.45) is 0.725. The van der Waals surface area contributed by atoms with Gasteiger partial charge in [-0.3, -0.25) is 4.79 Å². The maximum Gasteiger partial charge on any atom is 0.307 e. The predicted octanol–water partition coefficient (Wildman–Crippen LogP) is 5.50. The highest BCUT2D eigenvalue weighted by Gasteiger charge is 2.05. The first kappa shape index (κ1) is 22.1. The molecule has 0 saturated carbocycles. The van der Waals surface area contributed by atoms with Gasteiger partial charge in [0.15, 0.2) is 6.61 Å². The van der Waals surface area contributed by atoms with E-state index in [-0.39, 0.29) is 6.42 Å². The maximum absolute atomic E-state index is 10.8. The molecule has 0 amide bonds. The number of aryl methyl sites for hydroxylation is 1. The number of oxime groups is 1. The summed E-state index contributed by atoms with van der Waals surface area (Å²) >= 11 is 0. The third kappa shape index (κ3) is 6.71. The molecular formula is C26H27NO4. The quantitative estimate of drug-likeness (QED) is 0.269. The molecule has 0 aliphatic heterocycles. The van der Waals surface area contributed by atoms with E-state index in [0.717, 1.165) is 17.7 Å². The monoisotopic (exact) mass is 417 g/mol. The van der Waals surface area contributed by atoms with E-state index in [4.69, 9.17) is 14.7 Å². The van der Waals surface area contributed by atoms with E-state index in [2.05, 4.69) is 60.6 Å². The average molecular weight is 418 g/mol. The Balaban J connectivity index is 1.53. The van der Waals surface area contributed by atoms with Crippen LogP contribution in [0.1, 0.15) is 30.0 Å². The molecule has 0 heterocycles. The summed E-state index contributed by atoms with van der Waals surface area (Å²) in [7, 11) is 0. The van der Waals surface area contributed by atoms with Crippen molar-refractivity contribution < 1.29 is 19.5 Å². The molecule has 5 nitrogen and oxygen atoms in total. The maximum atomic E-state index is 10.8. The van der Waals surface area contributed by atoms with Gasteiger partial charge in [-0.1, -0.05) is 78.3 Å². The molecule has 0 aliphatic rings. The van der Waals surface area contributed by atoms with Gasteiger partial charge in [-0.15, -0.1) is 0 Å². The molecule has 0 fully saturated rings. The van der Waals surface area contributed by atoms with Crippen LogP contribution >= 0.6 is 0 Å². The van der Waals surface area contributed by atoms with Crippen LogP contribution in [0.25, 0.3) is 11.1 Å². The van der Waals surface area contributed by atoms with Gasteiger partial charge < -0.3 is 14.7 Å². The minimum absolute atomic E-state index is 0.0273. The number of aliphatic carboxylic acids is 1. The van der Waals surface area contributed by atoms with E-state index < -0.39 is 5.97 Å².